The summed E-state index contributed by atoms with van der Waals surface area (Å²) >= 11 is 5.03. The van der Waals surface area contributed by atoms with Crippen molar-refractivity contribution in [1.82, 2.24) is 9.80 Å². The van der Waals surface area contributed by atoms with Gasteiger partial charge in [0.1, 0.15) is 0 Å². The van der Waals surface area contributed by atoms with Gasteiger partial charge in [0.05, 0.1) is 9.83 Å². The van der Waals surface area contributed by atoms with Gasteiger partial charge < -0.3 is 10.6 Å². The van der Waals surface area contributed by atoms with E-state index < -0.39 is 0 Å². The van der Waals surface area contributed by atoms with Crippen LogP contribution in [0.15, 0.2) is 21.3 Å². The number of halogens is 1. The molecule has 2 aliphatic heterocycles. The summed E-state index contributed by atoms with van der Waals surface area (Å²) in [6.45, 7) is 2.42. The van der Waals surface area contributed by atoms with E-state index in [9.17, 15) is 9.59 Å². The number of hydrogen-bond donors (Lipinski definition) is 1. The monoisotopic (exact) mass is 411 g/mol. The lowest BCUT2D eigenvalue weighted by Crippen LogP contribution is -2.51. The lowest BCUT2D eigenvalue weighted by molar-refractivity contribution is -0.129. The fraction of sp³-hybridized carbons (Fsp3) is 0.529. The van der Waals surface area contributed by atoms with Crippen LogP contribution in [0.2, 0.25) is 0 Å². The van der Waals surface area contributed by atoms with Crippen LogP contribution in [-0.2, 0) is 9.59 Å². The highest BCUT2D eigenvalue weighted by Gasteiger charge is 2.35. The standard InChI is InChI=1S/C17H22BrN3O2S/c18-15-10-12(11-24-15)3-4-16(22)20-8-5-13(6-9-20)21-7-1-2-14(21)17(19)23/h3-4,10-11,13-14H,1-2,5-9H2,(H2,19,23). The van der Waals surface area contributed by atoms with E-state index in [1.807, 2.05) is 22.4 Å². The largest absolute Gasteiger partial charge is 0.368 e. The first kappa shape index (κ1) is 17.6. The van der Waals surface area contributed by atoms with Crippen LogP contribution in [0.4, 0.5) is 0 Å². The SMILES string of the molecule is NC(=O)C1CCCN1C1CCN(C(=O)C=Cc2csc(Br)c2)CC1. The van der Waals surface area contributed by atoms with Gasteiger partial charge in [0, 0.05) is 25.2 Å². The van der Waals surface area contributed by atoms with Crippen LogP contribution in [0.3, 0.4) is 0 Å². The summed E-state index contributed by atoms with van der Waals surface area (Å²) in [5.41, 5.74) is 6.55. The molecule has 1 atom stereocenters. The van der Waals surface area contributed by atoms with E-state index in [1.54, 1.807) is 17.4 Å². The predicted octanol–water partition coefficient (Wildman–Crippen LogP) is 2.46. The Morgan fingerprint density at radius 2 is 2.00 bits per heavy atom. The van der Waals surface area contributed by atoms with Gasteiger partial charge in [-0.05, 0) is 71.2 Å². The second kappa shape index (κ2) is 7.80. The molecule has 2 aliphatic rings. The summed E-state index contributed by atoms with van der Waals surface area (Å²) in [4.78, 5) is 28.0. The van der Waals surface area contributed by atoms with Crippen molar-refractivity contribution >= 4 is 45.2 Å². The number of hydrogen-bond acceptors (Lipinski definition) is 4. The molecule has 1 unspecified atom stereocenters. The molecule has 0 aliphatic carbocycles. The maximum absolute atomic E-state index is 12.3. The molecule has 0 radical (unpaired) electrons. The molecule has 3 rings (SSSR count). The Morgan fingerprint density at radius 3 is 2.62 bits per heavy atom. The molecular formula is C17H22BrN3O2S. The molecule has 5 nitrogen and oxygen atoms in total. The minimum atomic E-state index is -0.212. The molecule has 0 bridgehead atoms. The Bertz CT molecular complexity index is 638. The van der Waals surface area contributed by atoms with Gasteiger partial charge in [0.25, 0.3) is 0 Å². The summed E-state index contributed by atoms with van der Waals surface area (Å²) in [6, 6.07) is 2.25. The molecule has 130 valence electrons. The maximum atomic E-state index is 12.3. The molecule has 0 spiro atoms. The number of nitrogens with zero attached hydrogens (tertiary/aromatic N) is 2. The normalized spacial score (nSPS) is 23.2. The van der Waals surface area contributed by atoms with Gasteiger partial charge in [-0.15, -0.1) is 11.3 Å². The number of amides is 2. The third-order valence-electron chi connectivity index (χ3n) is 4.87. The van der Waals surface area contributed by atoms with Gasteiger partial charge in [0.2, 0.25) is 11.8 Å². The molecule has 2 saturated heterocycles. The van der Waals surface area contributed by atoms with Gasteiger partial charge in [-0.25, -0.2) is 0 Å². The summed E-state index contributed by atoms with van der Waals surface area (Å²) in [6.07, 6.45) is 7.23. The summed E-state index contributed by atoms with van der Waals surface area (Å²) < 4.78 is 1.06. The molecule has 0 aromatic carbocycles. The lowest BCUT2D eigenvalue weighted by Gasteiger charge is -2.38. The Kier molecular flexibility index (Phi) is 5.73. The van der Waals surface area contributed by atoms with E-state index in [-0.39, 0.29) is 17.9 Å². The quantitative estimate of drug-likeness (QED) is 0.773. The van der Waals surface area contributed by atoms with E-state index in [0.29, 0.717) is 6.04 Å². The van der Waals surface area contributed by atoms with E-state index in [1.165, 1.54) is 0 Å². The third kappa shape index (κ3) is 4.07. The molecule has 3 heterocycles. The zero-order valence-corrected chi connectivity index (χ0v) is 15.9. The van der Waals surface area contributed by atoms with Crippen LogP contribution < -0.4 is 5.73 Å². The van der Waals surface area contributed by atoms with Gasteiger partial charge in [-0.1, -0.05) is 0 Å². The number of likely N-dealkylation sites (tertiary alicyclic amines) is 2. The van der Waals surface area contributed by atoms with Gasteiger partial charge in [-0.2, -0.15) is 0 Å². The Hall–Kier alpha value is -1.18. The van der Waals surface area contributed by atoms with Crippen LogP contribution in [0, 0.1) is 0 Å². The third-order valence-corrected chi connectivity index (χ3v) is 6.40. The number of rotatable bonds is 4. The van der Waals surface area contributed by atoms with Crippen LogP contribution in [0.5, 0.6) is 0 Å². The van der Waals surface area contributed by atoms with Crippen molar-refractivity contribution in [2.75, 3.05) is 19.6 Å². The Labute approximate surface area is 154 Å². The summed E-state index contributed by atoms with van der Waals surface area (Å²) in [5, 5.41) is 2.01. The average Bonchev–Trinajstić information content (AvgIpc) is 3.21. The smallest absolute Gasteiger partial charge is 0.246 e. The Morgan fingerprint density at radius 1 is 1.25 bits per heavy atom. The van der Waals surface area contributed by atoms with Crippen molar-refractivity contribution in [2.45, 2.75) is 37.8 Å². The summed E-state index contributed by atoms with van der Waals surface area (Å²) in [5.74, 6) is -0.153. The lowest BCUT2D eigenvalue weighted by atomic mass is 10.0. The van der Waals surface area contributed by atoms with E-state index >= 15 is 0 Å². The molecule has 1 aromatic heterocycles. The minimum Gasteiger partial charge on any atom is -0.368 e. The zero-order chi connectivity index (χ0) is 17.1. The number of carbonyl (C=O) groups excluding carboxylic acids is 2. The van der Waals surface area contributed by atoms with E-state index in [0.717, 1.165) is 54.7 Å². The van der Waals surface area contributed by atoms with Crippen molar-refractivity contribution in [3.8, 4) is 0 Å². The number of piperidine rings is 1. The van der Waals surface area contributed by atoms with Gasteiger partial charge >= 0.3 is 0 Å². The topological polar surface area (TPSA) is 66.6 Å². The first-order chi connectivity index (χ1) is 11.5. The van der Waals surface area contributed by atoms with Crippen molar-refractivity contribution < 1.29 is 9.59 Å². The molecule has 24 heavy (non-hydrogen) atoms. The predicted molar refractivity (Wildman–Crippen MR) is 99.6 cm³/mol. The number of carbonyl (C=O) groups is 2. The van der Waals surface area contributed by atoms with Crippen molar-refractivity contribution in [3.63, 3.8) is 0 Å². The molecular weight excluding hydrogens is 390 g/mol. The first-order valence-corrected chi connectivity index (χ1v) is 9.98. The van der Waals surface area contributed by atoms with E-state index in [2.05, 4.69) is 20.8 Å². The first-order valence-electron chi connectivity index (χ1n) is 8.30. The molecule has 7 heteroatoms. The van der Waals surface area contributed by atoms with Crippen molar-refractivity contribution in [2.24, 2.45) is 5.73 Å². The number of primary amides is 1. The van der Waals surface area contributed by atoms with Crippen LogP contribution in [-0.4, -0.2) is 53.3 Å². The van der Waals surface area contributed by atoms with Crippen LogP contribution in [0.1, 0.15) is 31.2 Å². The second-order valence-corrected chi connectivity index (χ2v) is 8.66. The zero-order valence-electron chi connectivity index (χ0n) is 13.5. The maximum Gasteiger partial charge on any atom is 0.246 e. The highest BCUT2D eigenvalue weighted by Crippen LogP contribution is 2.26. The van der Waals surface area contributed by atoms with Crippen LogP contribution in [0.25, 0.3) is 6.08 Å². The van der Waals surface area contributed by atoms with Crippen molar-refractivity contribution in [3.05, 3.63) is 26.9 Å². The van der Waals surface area contributed by atoms with E-state index in [4.69, 9.17) is 5.73 Å². The van der Waals surface area contributed by atoms with Crippen LogP contribution >= 0.6 is 27.3 Å². The molecule has 2 fully saturated rings. The molecule has 1 aromatic rings. The Balaban J connectivity index is 1.52. The van der Waals surface area contributed by atoms with Gasteiger partial charge in [0.15, 0.2) is 0 Å². The highest BCUT2D eigenvalue weighted by atomic mass is 79.9. The second-order valence-electron chi connectivity index (χ2n) is 6.37. The van der Waals surface area contributed by atoms with Crippen molar-refractivity contribution in [1.29, 1.82) is 0 Å². The molecule has 0 saturated carbocycles. The number of thiophene rings is 1. The average molecular weight is 412 g/mol. The molecule has 2 N–H and O–H groups in total. The number of nitrogens with two attached hydrogens (primary N) is 1. The fourth-order valence-electron chi connectivity index (χ4n) is 3.63. The fourth-order valence-corrected chi connectivity index (χ4v) is 4.78. The highest BCUT2D eigenvalue weighted by molar-refractivity contribution is 9.11. The summed E-state index contributed by atoms with van der Waals surface area (Å²) in [7, 11) is 0. The minimum absolute atomic E-state index is 0.0589. The molecule has 2 amide bonds. The van der Waals surface area contributed by atoms with Gasteiger partial charge in [-0.3, -0.25) is 14.5 Å².